The highest BCUT2D eigenvalue weighted by atomic mass is 16.2. The Morgan fingerprint density at radius 1 is 1.16 bits per heavy atom. The topological polar surface area (TPSA) is 70.2 Å². The van der Waals surface area contributed by atoms with E-state index in [9.17, 15) is 9.59 Å². The second kappa shape index (κ2) is 8.00. The Bertz CT molecular complexity index is 630. The number of benzene rings is 1. The van der Waals surface area contributed by atoms with Crippen LogP contribution in [0.1, 0.15) is 57.4 Å². The molecule has 1 aliphatic carbocycles. The molecular formula is C20H29N3O2. The second-order valence-corrected chi connectivity index (χ2v) is 7.37. The van der Waals surface area contributed by atoms with Crippen molar-refractivity contribution in [1.82, 2.24) is 5.32 Å². The minimum absolute atomic E-state index is 0.00983. The van der Waals surface area contributed by atoms with Crippen molar-refractivity contribution in [1.29, 1.82) is 0 Å². The molecule has 3 N–H and O–H groups in total. The van der Waals surface area contributed by atoms with Crippen LogP contribution in [0.3, 0.4) is 0 Å². The summed E-state index contributed by atoms with van der Waals surface area (Å²) in [5, 5.41) is 9.50. The van der Waals surface area contributed by atoms with Gasteiger partial charge in [0.2, 0.25) is 11.8 Å². The van der Waals surface area contributed by atoms with Crippen LogP contribution >= 0.6 is 0 Å². The second-order valence-electron chi connectivity index (χ2n) is 7.37. The molecule has 2 fully saturated rings. The Morgan fingerprint density at radius 2 is 1.88 bits per heavy atom. The van der Waals surface area contributed by atoms with Crippen molar-refractivity contribution in [3.05, 3.63) is 23.8 Å². The highest BCUT2D eigenvalue weighted by Gasteiger charge is 2.38. The molecule has 2 aliphatic rings. The average Bonchev–Trinajstić information content (AvgIpc) is 3.03. The number of amides is 2. The summed E-state index contributed by atoms with van der Waals surface area (Å²) in [7, 11) is 0. The molecule has 3 unspecified atom stereocenters. The van der Waals surface area contributed by atoms with Crippen LogP contribution in [-0.4, -0.2) is 23.9 Å². The smallest absolute Gasteiger partial charge is 0.241 e. The maximum Gasteiger partial charge on any atom is 0.241 e. The van der Waals surface area contributed by atoms with E-state index in [1.165, 1.54) is 25.7 Å². The number of carbonyl (C=O) groups excluding carboxylic acids is 2. The summed E-state index contributed by atoms with van der Waals surface area (Å²) in [5.74, 6) is 0.690. The van der Waals surface area contributed by atoms with Crippen molar-refractivity contribution in [3.63, 3.8) is 0 Å². The maximum atomic E-state index is 12.7. The Morgan fingerprint density at radius 3 is 2.60 bits per heavy atom. The number of hydrogen-bond donors (Lipinski definition) is 3. The molecule has 1 aromatic carbocycles. The quantitative estimate of drug-likeness (QED) is 0.765. The largest absolute Gasteiger partial charge is 0.326 e. The van der Waals surface area contributed by atoms with E-state index in [1.54, 1.807) is 0 Å². The van der Waals surface area contributed by atoms with E-state index < -0.39 is 0 Å². The van der Waals surface area contributed by atoms with Gasteiger partial charge in [0.05, 0.1) is 6.04 Å². The minimum Gasteiger partial charge on any atom is -0.326 e. The summed E-state index contributed by atoms with van der Waals surface area (Å²) in [6.45, 7) is 3.91. The lowest BCUT2D eigenvalue weighted by Crippen LogP contribution is -2.40. The van der Waals surface area contributed by atoms with E-state index >= 15 is 0 Å². The van der Waals surface area contributed by atoms with Crippen LogP contribution in [-0.2, 0) is 9.59 Å². The van der Waals surface area contributed by atoms with Crippen molar-refractivity contribution in [2.75, 3.05) is 10.6 Å². The molecule has 1 saturated heterocycles. The van der Waals surface area contributed by atoms with Gasteiger partial charge in [0.15, 0.2) is 0 Å². The number of carbonyl (C=O) groups is 2. The van der Waals surface area contributed by atoms with Crippen LogP contribution < -0.4 is 16.0 Å². The molecule has 1 heterocycles. The molecule has 2 amide bonds. The Labute approximate surface area is 150 Å². The minimum atomic E-state index is -0.106. The van der Waals surface area contributed by atoms with E-state index in [1.807, 2.05) is 32.0 Å². The maximum absolute atomic E-state index is 12.7. The number of nitrogens with one attached hydrogen (secondary N) is 3. The van der Waals surface area contributed by atoms with E-state index in [4.69, 9.17) is 0 Å². The molecule has 1 aliphatic heterocycles. The molecule has 0 spiro atoms. The van der Waals surface area contributed by atoms with Gasteiger partial charge < -0.3 is 16.0 Å². The van der Waals surface area contributed by atoms with Gasteiger partial charge in [-0.2, -0.15) is 0 Å². The summed E-state index contributed by atoms with van der Waals surface area (Å²) < 4.78 is 0. The number of fused-ring (bicyclic) bond motifs is 1. The molecule has 1 saturated carbocycles. The zero-order valence-corrected chi connectivity index (χ0v) is 15.2. The summed E-state index contributed by atoms with van der Waals surface area (Å²) in [6, 6.07) is 6.04. The highest BCUT2D eigenvalue weighted by Crippen LogP contribution is 2.33. The zero-order chi connectivity index (χ0) is 17.8. The summed E-state index contributed by atoms with van der Waals surface area (Å²) in [4.78, 5) is 24.5. The first-order valence-electron chi connectivity index (χ1n) is 9.55. The fraction of sp³-hybridized carbons (Fsp3) is 0.600. The van der Waals surface area contributed by atoms with E-state index in [-0.39, 0.29) is 17.9 Å². The SMILES string of the molecule is CCCC(=O)Nc1cccc(NC(=O)C2CC3CCCCC3N2)c1C. The third-order valence-electron chi connectivity index (χ3n) is 5.52. The molecule has 0 bridgehead atoms. The van der Waals surface area contributed by atoms with Crippen LogP contribution in [0.25, 0.3) is 0 Å². The van der Waals surface area contributed by atoms with Crippen molar-refractivity contribution in [2.45, 2.75) is 70.9 Å². The Balaban J connectivity index is 1.64. The lowest BCUT2D eigenvalue weighted by Gasteiger charge is -2.24. The lowest BCUT2D eigenvalue weighted by molar-refractivity contribution is -0.118. The van der Waals surface area contributed by atoms with Gasteiger partial charge in [-0.3, -0.25) is 9.59 Å². The fourth-order valence-electron chi connectivity index (χ4n) is 4.09. The summed E-state index contributed by atoms with van der Waals surface area (Å²) in [5.41, 5.74) is 2.44. The normalized spacial score (nSPS) is 25.3. The summed E-state index contributed by atoms with van der Waals surface area (Å²) >= 11 is 0. The molecule has 25 heavy (non-hydrogen) atoms. The lowest BCUT2D eigenvalue weighted by atomic mass is 9.85. The van der Waals surface area contributed by atoms with E-state index in [0.29, 0.717) is 18.4 Å². The highest BCUT2D eigenvalue weighted by molar-refractivity contribution is 5.98. The molecule has 0 aromatic heterocycles. The van der Waals surface area contributed by atoms with E-state index in [0.717, 1.165) is 29.8 Å². The fourth-order valence-corrected chi connectivity index (χ4v) is 4.09. The molecular weight excluding hydrogens is 314 g/mol. The van der Waals surface area contributed by atoms with Gasteiger partial charge in [-0.25, -0.2) is 0 Å². The van der Waals surface area contributed by atoms with Crippen LogP contribution in [0.5, 0.6) is 0 Å². The van der Waals surface area contributed by atoms with Crippen molar-refractivity contribution in [2.24, 2.45) is 5.92 Å². The van der Waals surface area contributed by atoms with Crippen LogP contribution in [0, 0.1) is 12.8 Å². The standard InChI is InChI=1S/C20H29N3O2/c1-3-7-19(24)22-15-10-6-11-16(13(15)2)23-20(25)18-12-14-8-4-5-9-17(14)21-18/h6,10-11,14,17-18,21H,3-5,7-9,12H2,1-2H3,(H,22,24)(H,23,25). The van der Waals surface area contributed by atoms with Gasteiger partial charge in [-0.05, 0) is 56.2 Å². The van der Waals surface area contributed by atoms with Crippen LogP contribution in [0.4, 0.5) is 11.4 Å². The van der Waals surface area contributed by atoms with Gasteiger partial charge in [0, 0.05) is 23.8 Å². The van der Waals surface area contributed by atoms with Gasteiger partial charge in [-0.15, -0.1) is 0 Å². The van der Waals surface area contributed by atoms with Crippen molar-refractivity contribution >= 4 is 23.2 Å². The Kier molecular flexibility index (Phi) is 5.74. The van der Waals surface area contributed by atoms with Gasteiger partial charge in [0.25, 0.3) is 0 Å². The van der Waals surface area contributed by atoms with Crippen molar-refractivity contribution < 1.29 is 9.59 Å². The van der Waals surface area contributed by atoms with Crippen LogP contribution in [0.2, 0.25) is 0 Å². The molecule has 3 atom stereocenters. The monoisotopic (exact) mass is 343 g/mol. The predicted molar refractivity (Wildman–Crippen MR) is 101 cm³/mol. The first-order valence-corrected chi connectivity index (χ1v) is 9.55. The summed E-state index contributed by atoms with van der Waals surface area (Å²) in [6.07, 6.45) is 7.23. The van der Waals surface area contributed by atoms with Crippen LogP contribution in [0.15, 0.2) is 18.2 Å². The van der Waals surface area contributed by atoms with Gasteiger partial charge >= 0.3 is 0 Å². The first kappa shape index (κ1) is 17.9. The van der Waals surface area contributed by atoms with Crippen molar-refractivity contribution in [3.8, 4) is 0 Å². The molecule has 0 radical (unpaired) electrons. The Hall–Kier alpha value is -1.88. The number of rotatable bonds is 5. The third kappa shape index (κ3) is 4.21. The molecule has 3 rings (SSSR count). The predicted octanol–water partition coefficient (Wildman–Crippen LogP) is 3.59. The number of anilines is 2. The average molecular weight is 343 g/mol. The van der Waals surface area contributed by atoms with Gasteiger partial charge in [0.1, 0.15) is 0 Å². The molecule has 1 aromatic rings. The third-order valence-corrected chi connectivity index (χ3v) is 5.52. The molecule has 5 heteroatoms. The van der Waals surface area contributed by atoms with E-state index in [2.05, 4.69) is 16.0 Å². The number of hydrogen-bond acceptors (Lipinski definition) is 3. The molecule has 5 nitrogen and oxygen atoms in total. The zero-order valence-electron chi connectivity index (χ0n) is 15.2. The first-order chi connectivity index (χ1) is 12.1. The molecule has 136 valence electrons. The van der Waals surface area contributed by atoms with Gasteiger partial charge in [-0.1, -0.05) is 25.8 Å².